The molecule has 26 heavy (non-hydrogen) atoms. The van der Waals surface area contributed by atoms with Gasteiger partial charge in [0.25, 0.3) is 5.91 Å². The summed E-state index contributed by atoms with van der Waals surface area (Å²) in [7, 11) is 0. The van der Waals surface area contributed by atoms with Crippen molar-refractivity contribution in [3.8, 4) is 5.69 Å². The highest BCUT2D eigenvalue weighted by molar-refractivity contribution is 14.1. The second kappa shape index (κ2) is 8.00. The Morgan fingerprint density at radius 1 is 1.12 bits per heavy atom. The van der Waals surface area contributed by atoms with Crippen LogP contribution in [-0.2, 0) is 4.79 Å². The third-order valence-electron chi connectivity index (χ3n) is 3.89. The number of rotatable bonds is 4. The number of carbonyl (C=O) groups is 1. The van der Waals surface area contributed by atoms with Gasteiger partial charge in [0.05, 0.1) is 4.91 Å². The number of amidine groups is 1. The highest BCUT2D eigenvalue weighted by atomic mass is 127. The Bertz CT molecular complexity index is 865. The topological polar surface area (TPSA) is 37.6 Å². The van der Waals surface area contributed by atoms with Crippen molar-refractivity contribution in [2.24, 2.45) is 4.99 Å². The lowest BCUT2D eigenvalue weighted by molar-refractivity contribution is -0.123. The molecule has 0 unspecified atom stereocenters. The van der Waals surface area contributed by atoms with Crippen LogP contribution in [0.15, 0.2) is 52.5 Å². The van der Waals surface area contributed by atoms with Crippen LogP contribution < -0.4 is 0 Å². The van der Waals surface area contributed by atoms with E-state index in [1.165, 1.54) is 15.3 Å². The summed E-state index contributed by atoms with van der Waals surface area (Å²) >= 11 is 3.76. The van der Waals surface area contributed by atoms with Crippen LogP contribution in [0.3, 0.4) is 0 Å². The maximum Gasteiger partial charge on any atom is 0.267 e. The van der Waals surface area contributed by atoms with Crippen molar-refractivity contribution in [2.75, 3.05) is 0 Å². The molecule has 0 aliphatic carbocycles. The monoisotopic (exact) mass is 479 g/mol. The molecular formula is C20H22IN3OS. The van der Waals surface area contributed by atoms with E-state index in [4.69, 9.17) is 0 Å². The van der Waals surface area contributed by atoms with Gasteiger partial charge in [-0.05, 0) is 105 Å². The van der Waals surface area contributed by atoms with E-state index in [0.29, 0.717) is 4.91 Å². The van der Waals surface area contributed by atoms with Crippen LogP contribution >= 0.6 is 34.4 Å². The summed E-state index contributed by atoms with van der Waals surface area (Å²) in [5.41, 5.74) is 2.06. The van der Waals surface area contributed by atoms with Gasteiger partial charge in [-0.25, -0.2) is 0 Å². The molecule has 4 nitrogen and oxygen atoms in total. The third-order valence-corrected chi connectivity index (χ3v) is 5.60. The summed E-state index contributed by atoms with van der Waals surface area (Å²) in [5, 5.41) is 0.790. The average molecular weight is 479 g/mol. The molecule has 0 radical (unpaired) electrons. The van der Waals surface area contributed by atoms with Gasteiger partial charge in [-0.1, -0.05) is 0 Å². The van der Waals surface area contributed by atoms with E-state index in [9.17, 15) is 4.79 Å². The molecule has 0 atom stereocenters. The van der Waals surface area contributed by atoms with Crippen LogP contribution in [0.4, 0.5) is 0 Å². The summed E-state index contributed by atoms with van der Waals surface area (Å²) in [6.45, 7) is 8.09. The molecule has 6 heteroatoms. The Labute approximate surface area is 172 Å². The SMILES string of the molecule is CC(C)N=C1S/C(=C/c2cccn2-c2ccc(I)cc2)C(=O)N1C(C)C. The zero-order chi connectivity index (χ0) is 18.8. The van der Waals surface area contributed by atoms with Gasteiger partial charge < -0.3 is 4.57 Å². The number of nitrogens with zero attached hydrogens (tertiary/aromatic N) is 3. The van der Waals surface area contributed by atoms with E-state index in [1.807, 2.05) is 52.1 Å². The molecular weight excluding hydrogens is 457 g/mol. The first-order valence-corrected chi connectivity index (χ1v) is 10.5. The highest BCUT2D eigenvalue weighted by Crippen LogP contribution is 2.34. The molecule has 1 aromatic carbocycles. The van der Waals surface area contributed by atoms with Crippen LogP contribution in [0, 0.1) is 3.57 Å². The van der Waals surface area contributed by atoms with Crippen LogP contribution in [-0.4, -0.2) is 32.6 Å². The normalized spacial score (nSPS) is 18.1. The van der Waals surface area contributed by atoms with Crippen LogP contribution in [0.25, 0.3) is 11.8 Å². The Morgan fingerprint density at radius 2 is 1.81 bits per heavy atom. The molecule has 1 aliphatic rings. The quantitative estimate of drug-likeness (QED) is 0.448. The second-order valence-corrected chi connectivity index (χ2v) is 8.92. The summed E-state index contributed by atoms with van der Waals surface area (Å²) in [6.07, 6.45) is 3.98. The molecule has 1 aromatic heterocycles. The first kappa shape index (κ1) is 19.2. The fourth-order valence-corrected chi connectivity index (χ4v) is 4.31. The predicted molar refractivity (Wildman–Crippen MR) is 119 cm³/mol. The van der Waals surface area contributed by atoms with Gasteiger partial charge >= 0.3 is 0 Å². The Hall–Kier alpha value is -1.54. The summed E-state index contributed by atoms with van der Waals surface area (Å²) < 4.78 is 3.29. The van der Waals surface area contributed by atoms with E-state index in [2.05, 4.69) is 56.4 Å². The van der Waals surface area contributed by atoms with E-state index < -0.39 is 0 Å². The number of halogens is 1. The van der Waals surface area contributed by atoms with Gasteiger partial charge in [-0.2, -0.15) is 0 Å². The maximum atomic E-state index is 12.9. The zero-order valence-corrected chi connectivity index (χ0v) is 18.3. The van der Waals surface area contributed by atoms with E-state index in [-0.39, 0.29) is 18.0 Å². The van der Waals surface area contributed by atoms with Gasteiger partial charge in [-0.3, -0.25) is 14.7 Å². The third kappa shape index (κ3) is 4.06. The van der Waals surface area contributed by atoms with Gasteiger partial charge in [0.2, 0.25) is 0 Å². The summed E-state index contributed by atoms with van der Waals surface area (Å²) in [5.74, 6) is 0.0276. The second-order valence-electron chi connectivity index (χ2n) is 6.66. The number of carbonyl (C=O) groups excluding carboxylic acids is 1. The van der Waals surface area contributed by atoms with Gasteiger partial charge in [-0.15, -0.1) is 0 Å². The number of benzene rings is 1. The maximum absolute atomic E-state index is 12.9. The summed E-state index contributed by atoms with van der Waals surface area (Å²) in [6, 6.07) is 12.6. The minimum atomic E-state index is 0.0276. The molecule has 2 heterocycles. The van der Waals surface area contributed by atoms with Gasteiger partial charge in [0.1, 0.15) is 0 Å². The minimum Gasteiger partial charge on any atom is -0.317 e. The van der Waals surface area contributed by atoms with Crippen molar-refractivity contribution in [1.82, 2.24) is 9.47 Å². The molecule has 1 saturated heterocycles. The number of aliphatic imine (C=N–C) groups is 1. The van der Waals surface area contributed by atoms with Crippen molar-refractivity contribution in [3.63, 3.8) is 0 Å². The Morgan fingerprint density at radius 3 is 2.42 bits per heavy atom. The minimum absolute atomic E-state index is 0.0276. The lowest BCUT2D eigenvalue weighted by Gasteiger charge is -2.20. The van der Waals surface area contributed by atoms with Crippen molar-refractivity contribution < 1.29 is 4.79 Å². The largest absolute Gasteiger partial charge is 0.317 e. The molecule has 0 saturated carbocycles. The van der Waals surface area contributed by atoms with Crippen molar-refractivity contribution in [2.45, 2.75) is 39.8 Å². The van der Waals surface area contributed by atoms with Gasteiger partial charge in [0.15, 0.2) is 5.17 Å². The number of thioether (sulfide) groups is 1. The van der Waals surface area contributed by atoms with E-state index >= 15 is 0 Å². The van der Waals surface area contributed by atoms with Crippen LogP contribution in [0.5, 0.6) is 0 Å². The first-order valence-electron chi connectivity index (χ1n) is 8.61. The fraction of sp³-hybridized carbons (Fsp3) is 0.300. The van der Waals surface area contributed by atoms with Crippen LogP contribution in [0.2, 0.25) is 0 Å². The number of aromatic nitrogens is 1. The number of hydrogen-bond acceptors (Lipinski definition) is 3. The van der Waals surface area contributed by atoms with E-state index in [1.54, 1.807) is 4.90 Å². The molecule has 0 N–H and O–H groups in total. The number of hydrogen-bond donors (Lipinski definition) is 0. The predicted octanol–water partition coefficient (Wildman–Crippen LogP) is 5.17. The molecule has 3 rings (SSSR count). The first-order chi connectivity index (χ1) is 12.4. The molecule has 1 amide bonds. The lowest BCUT2D eigenvalue weighted by atomic mass is 10.3. The standard InChI is InChI=1S/C20H22IN3OS/c1-13(2)22-20-24(14(3)4)19(25)18(26-20)12-17-6-5-11-23(17)16-9-7-15(21)8-10-16/h5-14H,1-4H3/b18-12+,22-20?. The molecule has 1 aliphatic heterocycles. The summed E-state index contributed by atoms with van der Waals surface area (Å²) in [4.78, 5) is 20.0. The molecule has 1 fully saturated rings. The highest BCUT2D eigenvalue weighted by Gasteiger charge is 2.35. The average Bonchev–Trinajstić information content (AvgIpc) is 3.13. The number of amides is 1. The van der Waals surface area contributed by atoms with Crippen LogP contribution in [0.1, 0.15) is 33.4 Å². The Balaban J connectivity index is 1.97. The Kier molecular flexibility index (Phi) is 5.92. The lowest BCUT2D eigenvalue weighted by Crippen LogP contribution is -2.35. The van der Waals surface area contributed by atoms with Crippen molar-refractivity contribution in [3.05, 3.63) is 56.8 Å². The van der Waals surface area contributed by atoms with Crippen molar-refractivity contribution >= 4 is 51.5 Å². The molecule has 2 aromatic rings. The van der Waals surface area contributed by atoms with E-state index in [0.717, 1.165) is 16.5 Å². The van der Waals surface area contributed by atoms with Crippen molar-refractivity contribution in [1.29, 1.82) is 0 Å². The molecule has 136 valence electrons. The smallest absolute Gasteiger partial charge is 0.267 e. The fourth-order valence-electron chi connectivity index (χ4n) is 2.74. The zero-order valence-electron chi connectivity index (χ0n) is 15.3. The van der Waals surface area contributed by atoms with Gasteiger partial charge in [0, 0.05) is 33.2 Å². The molecule has 0 bridgehead atoms. The molecule has 0 spiro atoms.